The molecule has 0 aliphatic carbocycles. The number of nitrogens with zero attached hydrogens (tertiary/aromatic N) is 4. The van der Waals surface area contributed by atoms with Gasteiger partial charge >= 0.3 is 0 Å². The predicted octanol–water partition coefficient (Wildman–Crippen LogP) is 1.49. The fourth-order valence-electron chi connectivity index (χ4n) is 6.91. The molecule has 1 spiro atoms. The molecule has 0 unspecified atom stereocenters. The second-order valence-electron chi connectivity index (χ2n) is 9.73. The lowest BCUT2D eigenvalue weighted by atomic mass is 9.67. The van der Waals surface area contributed by atoms with Crippen molar-refractivity contribution in [3.05, 3.63) is 65.7 Å². The number of carbonyl (C=O) groups is 4. The Balaban J connectivity index is 1.52. The number of hydrogen-bond donors (Lipinski definition) is 0. The van der Waals surface area contributed by atoms with Crippen molar-refractivity contribution in [2.24, 2.45) is 0 Å². The summed E-state index contributed by atoms with van der Waals surface area (Å²) in [6.07, 6.45) is 0.615. The third-order valence-electron chi connectivity index (χ3n) is 8.18. The van der Waals surface area contributed by atoms with E-state index in [1.54, 1.807) is 21.6 Å². The number of likely N-dealkylation sites (tertiary alicyclic amines) is 1. The number of amides is 4. The minimum Gasteiger partial charge on any atom is -0.334 e. The van der Waals surface area contributed by atoms with Crippen LogP contribution in [-0.4, -0.2) is 69.7 Å². The molecule has 8 heteroatoms. The summed E-state index contributed by atoms with van der Waals surface area (Å²) in [6.45, 7) is 4.02. The molecule has 4 heterocycles. The van der Waals surface area contributed by atoms with E-state index >= 15 is 0 Å². The van der Waals surface area contributed by atoms with Gasteiger partial charge in [0.05, 0.1) is 11.5 Å². The topological polar surface area (TPSA) is 81.2 Å². The molecule has 2 bridgehead atoms. The number of fused-ring (bicyclic) bond motifs is 3. The summed E-state index contributed by atoms with van der Waals surface area (Å²) < 4.78 is 0. The lowest BCUT2D eigenvalue weighted by Crippen LogP contribution is -2.71. The van der Waals surface area contributed by atoms with Crippen molar-refractivity contribution in [1.29, 1.82) is 0 Å². The van der Waals surface area contributed by atoms with Crippen LogP contribution in [0.5, 0.6) is 0 Å². The first-order valence-electron chi connectivity index (χ1n) is 11.7. The number of carbonyl (C=O) groups excluding carboxylic acids is 4. The van der Waals surface area contributed by atoms with Crippen LogP contribution in [0.25, 0.3) is 0 Å². The molecule has 2 aromatic carbocycles. The van der Waals surface area contributed by atoms with Crippen LogP contribution in [0.2, 0.25) is 0 Å². The van der Waals surface area contributed by atoms with E-state index in [0.717, 1.165) is 23.2 Å². The Hall–Kier alpha value is -3.68. The molecule has 0 aromatic heterocycles. The Bertz CT molecular complexity index is 1220. The molecular weight excluding hydrogens is 432 g/mol. The van der Waals surface area contributed by atoms with Gasteiger partial charge in [-0.25, -0.2) is 0 Å². The zero-order valence-corrected chi connectivity index (χ0v) is 19.1. The highest BCUT2D eigenvalue weighted by Crippen LogP contribution is 2.59. The summed E-state index contributed by atoms with van der Waals surface area (Å²) in [5.41, 5.74) is 2.08. The van der Waals surface area contributed by atoms with E-state index in [4.69, 9.17) is 0 Å². The minimum absolute atomic E-state index is 0.101. The van der Waals surface area contributed by atoms with E-state index in [1.165, 1.54) is 6.92 Å². The van der Waals surface area contributed by atoms with Crippen molar-refractivity contribution in [2.45, 2.75) is 56.5 Å². The molecule has 2 aromatic rings. The lowest BCUT2D eigenvalue weighted by molar-refractivity contribution is -0.163. The maximum atomic E-state index is 13.7. The smallest absolute Gasteiger partial charge is 0.246 e. The van der Waals surface area contributed by atoms with E-state index < -0.39 is 23.7 Å². The monoisotopic (exact) mass is 458 g/mol. The molecule has 0 radical (unpaired) electrons. The Kier molecular flexibility index (Phi) is 4.40. The maximum absolute atomic E-state index is 13.7. The van der Waals surface area contributed by atoms with Crippen molar-refractivity contribution < 1.29 is 19.2 Å². The SMILES string of the molecule is CC(=O)N1[C@@H]2C[C@]3(c4ccccc4N(C=O)[C@@H]13)[C@H]1CN(Cc3ccccc3)C(=O)[C@H](C)N1C2=O. The van der Waals surface area contributed by atoms with Gasteiger partial charge in [0.1, 0.15) is 18.2 Å². The highest BCUT2D eigenvalue weighted by atomic mass is 16.2. The molecule has 6 rings (SSSR count). The zero-order valence-electron chi connectivity index (χ0n) is 19.1. The second kappa shape index (κ2) is 7.16. The van der Waals surface area contributed by atoms with Crippen LogP contribution >= 0.6 is 0 Å². The van der Waals surface area contributed by atoms with Crippen LogP contribution in [0.15, 0.2) is 54.6 Å². The van der Waals surface area contributed by atoms with Gasteiger partial charge in [-0.2, -0.15) is 0 Å². The first-order chi connectivity index (χ1) is 16.4. The molecule has 4 aliphatic rings. The molecule has 5 atom stereocenters. The summed E-state index contributed by atoms with van der Waals surface area (Å²) in [7, 11) is 0. The van der Waals surface area contributed by atoms with Gasteiger partial charge in [-0.1, -0.05) is 48.5 Å². The Morgan fingerprint density at radius 2 is 1.76 bits per heavy atom. The van der Waals surface area contributed by atoms with E-state index in [0.29, 0.717) is 19.5 Å². The van der Waals surface area contributed by atoms with E-state index in [9.17, 15) is 19.2 Å². The van der Waals surface area contributed by atoms with Gasteiger partial charge in [0, 0.05) is 25.7 Å². The van der Waals surface area contributed by atoms with Gasteiger partial charge in [-0.3, -0.25) is 24.1 Å². The molecular formula is C26H26N4O4. The van der Waals surface area contributed by atoms with E-state index in [1.807, 2.05) is 59.5 Å². The molecule has 4 amide bonds. The van der Waals surface area contributed by atoms with Gasteiger partial charge < -0.3 is 14.7 Å². The first kappa shape index (κ1) is 20.9. The van der Waals surface area contributed by atoms with Crippen LogP contribution in [0.3, 0.4) is 0 Å². The maximum Gasteiger partial charge on any atom is 0.246 e. The average molecular weight is 459 g/mol. The van der Waals surface area contributed by atoms with Gasteiger partial charge in [-0.05, 0) is 30.5 Å². The summed E-state index contributed by atoms with van der Waals surface area (Å²) >= 11 is 0. The third kappa shape index (κ3) is 2.48. The Morgan fingerprint density at radius 3 is 2.47 bits per heavy atom. The number of piperazine rings is 1. The molecule has 3 fully saturated rings. The summed E-state index contributed by atoms with van der Waals surface area (Å²) in [6, 6.07) is 15.8. The van der Waals surface area contributed by atoms with Crippen molar-refractivity contribution in [2.75, 3.05) is 11.4 Å². The third-order valence-corrected chi connectivity index (χ3v) is 8.18. The van der Waals surface area contributed by atoms with Crippen LogP contribution in [0, 0.1) is 0 Å². The van der Waals surface area contributed by atoms with Gasteiger partial charge in [0.2, 0.25) is 24.1 Å². The van der Waals surface area contributed by atoms with Crippen LogP contribution < -0.4 is 4.90 Å². The zero-order chi connectivity index (χ0) is 23.8. The number of anilines is 1. The fraction of sp³-hybridized carbons (Fsp3) is 0.385. The van der Waals surface area contributed by atoms with Crippen molar-refractivity contribution in [3.63, 3.8) is 0 Å². The van der Waals surface area contributed by atoms with Crippen molar-refractivity contribution in [3.8, 4) is 0 Å². The Labute approximate surface area is 197 Å². The Morgan fingerprint density at radius 1 is 1.06 bits per heavy atom. The molecule has 4 aliphatic heterocycles. The average Bonchev–Trinajstić information content (AvgIpc) is 3.29. The quantitative estimate of drug-likeness (QED) is 0.653. The summed E-state index contributed by atoms with van der Waals surface area (Å²) in [5.74, 6) is -0.552. The standard InChI is InChI=1S/C26H26N4O4/c1-16-23(33)27(13-18-8-4-3-5-9-18)14-22-26-12-21(24(34)29(16)22)30(17(2)32)25(26)28(15-31)20-11-7-6-10-19(20)26/h3-11,15-16,21-22,25H,12-14H2,1-2H3/t16-,21+,22+,25-,26-/m0/s1. The lowest BCUT2D eigenvalue weighted by Gasteiger charge is -2.53. The molecule has 174 valence electrons. The van der Waals surface area contributed by atoms with E-state index in [2.05, 4.69) is 0 Å². The van der Waals surface area contributed by atoms with Crippen molar-refractivity contribution >= 4 is 29.8 Å². The molecule has 3 saturated heterocycles. The fourth-order valence-corrected chi connectivity index (χ4v) is 6.91. The molecule has 8 nitrogen and oxygen atoms in total. The predicted molar refractivity (Wildman–Crippen MR) is 123 cm³/mol. The number of hydrogen-bond acceptors (Lipinski definition) is 4. The number of para-hydroxylation sites is 1. The summed E-state index contributed by atoms with van der Waals surface area (Å²) in [4.78, 5) is 59.1. The normalized spacial score (nSPS) is 31.4. The van der Waals surface area contributed by atoms with Gasteiger partial charge in [-0.15, -0.1) is 0 Å². The van der Waals surface area contributed by atoms with Crippen LogP contribution in [0.4, 0.5) is 5.69 Å². The van der Waals surface area contributed by atoms with Crippen LogP contribution in [-0.2, 0) is 31.1 Å². The molecule has 34 heavy (non-hydrogen) atoms. The van der Waals surface area contributed by atoms with Crippen molar-refractivity contribution in [1.82, 2.24) is 14.7 Å². The highest BCUT2D eigenvalue weighted by molar-refractivity contribution is 5.98. The second-order valence-corrected chi connectivity index (χ2v) is 9.73. The largest absolute Gasteiger partial charge is 0.334 e. The summed E-state index contributed by atoms with van der Waals surface area (Å²) in [5, 5.41) is 0. The first-order valence-corrected chi connectivity index (χ1v) is 11.7. The van der Waals surface area contributed by atoms with E-state index in [-0.39, 0.29) is 23.8 Å². The minimum atomic E-state index is -0.689. The van der Waals surface area contributed by atoms with Gasteiger partial charge in [0.15, 0.2) is 0 Å². The highest BCUT2D eigenvalue weighted by Gasteiger charge is 2.72. The number of rotatable bonds is 3. The molecule has 0 saturated carbocycles. The van der Waals surface area contributed by atoms with Gasteiger partial charge in [0.25, 0.3) is 0 Å². The van der Waals surface area contributed by atoms with Crippen LogP contribution in [0.1, 0.15) is 31.4 Å². The number of piperidine rings is 1. The number of benzene rings is 2. The molecule has 0 N–H and O–H groups in total.